The summed E-state index contributed by atoms with van der Waals surface area (Å²) in [5.41, 5.74) is 2.82. The Morgan fingerprint density at radius 1 is 1.29 bits per heavy atom. The van der Waals surface area contributed by atoms with Gasteiger partial charge in [-0.2, -0.15) is 13.2 Å². The van der Waals surface area contributed by atoms with E-state index < -0.39 is 17.6 Å². The Bertz CT molecular complexity index is 981. The van der Waals surface area contributed by atoms with Crippen molar-refractivity contribution in [1.29, 1.82) is 0 Å². The lowest BCUT2D eigenvalue weighted by Gasteiger charge is -2.17. The van der Waals surface area contributed by atoms with Gasteiger partial charge in [-0.05, 0) is 51.5 Å². The van der Waals surface area contributed by atoms with Crippen molar-refractivity contribution in [3.8, 4) is 0 Å². The summed E-state index contributed by atoms with van der Waals surface area (Å²) in [6.07, 6.45) is -2.04. The Morgan fingerprint density at radius 3 is 2.61 bits per heavy atom. The molecule has 0 aliphatic carbocycles. The van der Waals surface area contributed by atoms with Gasteiger partial charge in [-0.1, -0.05) is 5.57 Å². The fourth-order valence-corrected chi connectivity index (χ4v) is 3.48. The summed E-state index contributed by atoms with van der Waals surface area (Å²) in [7, 11) is 0. The van der Waals surface area contributed by atoms with Crippen molar-refractivity contribution in [1.82, 2.24) is 9.88 Å². The molecule has 1 aliphatic heterocycles. The standard InChI is InChI=1S/C21H24F3N3O/c1-12(2)27-6-5-17-18(8-16(9-19(17)27)21(22,23)24)20(28)26-11-15-10-25-14(4)7-13(15)3/h5-6,8-9,12H,7,10-11H2,1-4H3,(H,26,28). The van der Waals surface area contributed by atoms with Crippen LogP contribution in [0.3, 0.4) is 0 Å². The number of amides is 1. The molecule has 28 heavy (non-hydrogen) atoms. The number of nitrogens with one attached hydrogen (secondary N) is 1. The van der Waals surface area contributed by atoms with Gasteiger partial charge in [0.05, 0.1) is 12.1 Å². The molecule has 1 amide bonds. The van der Waals surface area contributed by atoms with Crippen LogP contribution < -0.4 is 5.32 Å². The summed E-state index contributed by atoms with van der Waals surface area (Å²) in [4.78, 5) is 17.2. The van der Waals surface area contributed by atoms with Crippen LogP contribution >= 0.6 is 0 Å². The summed E-state index contributed by atoms with van der Waals surface area (Å²) < 4.78 is 41.9. The van der Waals surface area contributed by atoms with E-state index in [2.05, 4.69) is 10.3 Å². The zero-order valence-electron chi connectivity index (χ0n) is 16.4. The Kier molecular flexibility index (Phi) is 5.37. The van der Waals surface area contributed by atoms with Gasteiger partial charge in [-0.25, -0.2) is 0 Å². The topological polar surface area (TPSA) is 46.4 Å². The van der Waals surface area contributed by atoms with Gasteiger partial charge >= 0.3 is 6.18 Å². The lowest BCUT2D eigenvalue weighted by Crippen LogP contribution is -2.28. The number of hydrogen-bond acceptors (Lipinski definition) is 2. The molecule has 3 rings (SSSR count). The van der Waals surface area contributed by atoms with Gasteiger partial charge in [0.15, 0.2) is 0 Å². The van der Waals surface area contributed by atoms with Crippen LogP contribution in [0.25, 0.3) is 10.9 Å². The third kappa shape index (κ3) is 3.98. The van der Waals surface area contributed by atoms with Crippen LogP contribution in [0, 0.1) is 0 Å². The van der Waals surface area contributed by atoms with Gasteiger partial charge < -0.3 is 9.88 Å². The summed E-state index contributed by atoms with van der Waals surface area (Å²) >= 11 is 0. The molecule has 1 aromatic carbocycles. The minimum absolute atomic E-state index is 0.0203. The first kappa shape index (κ1) is 20.2. The first-order chi connectivity index (χ1) is 13.1. The maximum Gasteiger partial charge on any atom is 0.416 e. The highest BCUT2D eigenvalue weighted by Gasteiger charge is 2.32. The monoisotopic (exact) mass is 391 g/mol. The number of halogens is 3. The van der Waals surface area contributed by atoms with Crippen LogP contribution in [0.2, 0.25) is 0 Å². The van der Waals surface area contributed by atoms with Crippen molar-refractivity contribution in [3.63, 3.8) is 0 Å². The molecule has 0 unspecified atom stereocenters. The number of allylic oxidation sites excluding steroid dienone is 1. The molecular weight excluding hydrogens is 367 g/mol. The molecule has 0 saturated heterocycles. The number of aliphatic imine (C=N–C) groups is 1. The normalized spacial score (nSPS) is 15.4. The first-order valence-electron chi connectivity index (χ1n) is 9.25. The Morgan fingerprint density at radius 2 is 2.00 bits per heavy atom. The molecular formula is C21H24F3N3O. The number of carbonyl (C=O) groups is 1. The minimum Gasteiger partial charge on any atom is -0.348 e. The third-order valence-electron chi connectivity index (χ3n) is 5.09. The van der Waals surface area contributed by atoms with Crippen LogP contribution in [0.4, 0.5) is 13.2 Å². The average molecular weight is 391 g/mol. The van der Waals surface area contributed by atoms with Gasteiger partial charge in [0.2, 0.25) is 0 Å². The largest absolute Gasteiger partial charge is 0.416 e. The lowest BCUT2D eigenvalue weighted by atomic mass is 10.0. The zero-order chi connectivity index (χ0) is 20.6. The van der Waals surface area contributed by atoms with E-state index in [1.165, 1.54) is 0 Å². The third-order valence-corrected chi connectivity index (χ3v) is 5.09. The number of hydrogen-bond donors (Lipinski definition) is 1. The summed E-state index contributed by atoms with van der Waals surface area (Å²) in [6.45, 7) is 8.52. The molecule has 7 heteroatoms. The highest BCUT2D eigenvalue weighted by Crippen LogP contribution is 2.34. The molecule has 2 aromatic rings. The Hall–Kier alpha value is -2.57. The molecule has 0 saturated carbocycles. The lowest BCUT2D eigenvalue weighted by molar-refractivity contribution is -0.137. The van der Waals surface area contributed by atoms with E-state index in [9.17, 15) is 18.0 Å². The highest BCUT2D eigenvalue weighted by molar-refractivity contribution is 6.07. The number of dihydropyridines is 1. The van der Waals surface area contributed by atoms with Gasteiger partial charge in [-0.15, -0.1) is 0 Å². The molecule has 1 aliphatic rings. The number of carbonyl (C=O) groups excluding carboxylic acids is 1. The van der Waals surface area contributed by atoms with Crippen molar-refractivity contribution in [3.05, 3.63) is 46.7 Å². The van der Waals surface area contributed by atoms with Crippen LogP contribution in [0.15, 0.2) is 40.5 Å². The molecule has 1 N–H and O–H groups in total. The fourth-order valence-electron chi connectivity index (χ4n) is 3.48. The van der Waals surface area contributed by atoms with Crippen LogP contribution in [0.1, 0.15) is 56.1 Å². The Labute approximate surface area is 162 Å². The van der Waals surface area contributed by atoms with Crippen molar-refractivity contribution in [2.24, 2.45) is 4.99 Å². The molecule has 0 radical (unpaired) electrons. The van der Waals surface area contributed by atoms with E-state index in [4.69, 9.17) is 0 Å². The van der Waals surface area contributed by atoms with Gasteiger partial charge in [0.1, 0.15) is 0 Å². The number of alkyl halides is 3. The van der Waals surface area contributed by atoms with E-state index >= 15 is 0 Å². The summed E-state index contributed by atoms with van der Waals surface area (Å²) in [5, 5.41) is 3.30. The molecule has 0 spiro atoms. The van der Waals surface area contributed by atoms with E-state index in [0.29, 0.717) is 17.4 Å². The van der Waals surface area contributed by atoms with E-state index in [-0.39, 0.29) is 18.2 Å². The first-order valence-corrected chi connectivity index (χ1v) is 9.25. The average Bonchev–Trinajstić information content (AvgIpc) is 3.03. The number of nitrogens with zero attached hydrogens (tertiary/aromatic N) is 2. The highest BCUT2D eigenvalue weighted by atomic mass is 19.4. The van der Waals surface area contributed by atoms with Gasteiger partial charge in [-0.3, -0.25) is 9.79 Å². The van der Waals surface area contributed by atoms with E-state index in [1.807, 2.05) is 27.7 Å². The number of benzene rings is 1. The number of rotatable bonds is 4. The predicted molar refractivity (Wildman–Crippen MR) is 105 cm³/mol. The quantitative estimate of drug-likeness (QED) is 0.720. The smallest absolute Gasteiger partial charge is 0.348 e. The SMILES string of the molecule is CC1=NCC(CNC(=O)c2cc(C(F)(F)F)cc3c2ccn3C(C)C)=C(C)C1. The van der Waals surface area contributed by atoms with Gasteiger partial charge in [0.25, 0.3) is 5.91 Å². The number of aromatic nitrogens is 1. The van der Waals surface area contributed by atoms with Crippen molar-refractivity contribution in [2.45, 2.75) is 46.3 Å². The van der Waals surface area contributed by atoms with Crippen LogP contribution in [0.5, 0.6) is 0 Å². The maximum atomic E-state index is 13.4. The molecule has 0 bridgehead atoms. The molecule has 2 heterocycles. The van der Waals surface area contributed by atoms with Crippen molar-refractivity contribution < 1.29 is 18.0 Å². The second kappa shape index (κ2) is 7.45. The summed E-state index contributed by atoms with van der Waals surface area (Å²) in [5.74, 6) is -0.510. The minimum atomic E-state index is -4.52. The van der Waals surface area contributed by atoms with E-state index in [1.54, 1.807) is 16.8 Å². The summed E-state index contributed by atoms with van der Waals surface area (Å²) in [6, 6.07) is 3.72. The molecule has 4 nitrogen and oxygen atoms in total. The van der Waals surface area contributed by atoms with Crippen molar-refractivity contribution in [2.75, 3.05) is 13.1 Å². The molecule has 0 atom stereocenters. The predicted octanol–water partition coefficient (Wildman–Crippen LogP) is 5.15. The number of fused-ring (bicyclic) bond motifs is 1. The van der Waals surface area contributed by atoms with Crippen LogP contribution in [-0.2, 0) is 6.18 Å². The second-order valence-electron chi connectivity index (χ2n) is 7.57. The fraction of sp³-hybridized carbons (Fsp3) is 0.429. The Balaban J connectivity index is 1.95. The van der Waals surface area contributed by atoms with E-state index in [0.717, 1.165) is 35.4 Å². The zero-order valence-corrected chi connectivity index (χ0v) is 16.4. The second-order valence-corrected chi connectivity index (χ2v) is 7.57. The maximum absolute atomic E-state index is 13.4. The van der Waals surface area contributed by atoms with Gasteiger partial charge in [0, 0.05) is 47.4 Å². The molecule has 150 valence electrons. The van der Waals surface area contributed by atoms with Crippen molar-refractivity contribution >= 4 is 22.5 Å². The van der Waals surface area contributed by atoms with Crippen LogP contribution in [-0.4, -0.2) is 29.3 Å². The molecule has 1 aromatic heterocycles. The molecule has 0 fully saturated rings.